The Morgan fingerprint density at radius 3 is 1.85 bits per heavy atom. The molecule has 0 aliphatic carbocycles. The summed E-state index contributed by atoms with van der Waals surface area (Å²) in [6.45, 7) is 2.26. The number of amides is 1. The molecule has 1 N–H and O–H groups in total. The maximum atomic E-state index is 13.3. The fourth-order valence-electron chi connectivity index (χ4n) is 3.43. The van der Waals surface area contributed by atoms with Crippen molar-refractivity contribution in [1.82, 2.24) is 9.62 Å². The van der Waals surface area contributed by atoms with Crippen LogP contribution in [-0.4, -0.2) is 39.5 Å². The third kappa shape index (κ3) is 6.34. The molecule has 0 aliphatic rings. The van der Waals surface area contributed by atoms with Gasteiger partial charge in [-0.25, -0.2) is 8.42 Å². The predicted molar refractivity (Wildman–Crippen MR) is 126 cm³/mol. The highest BCUT2D eigenvalue weighted by Crippen LogP contribution is 2.29. The molecule has 3 rings (SSSR count). The van der Waals surface area contributed by atoms with Crippen molar-refractivity contribution in [1.29, 1.82) is 0 Å². The lowest BCUT2D eigenvalue weighted by atomic mass is 10.1. The minimum atomic E-state index is -3.97. The van der Waals surface area contributed by atoms with Crippen LogP contribution >= 0.6 is 0 Å². The van der Waals surface area contributed by atoms with Crippen LogP contribution in [0.5, 0.6) is 11.5 Å². The molecule has 7 nitrogen and oxygen atoms in total. The summed E-state index contributed by atoms with van der Waals surface area (Å²) in [6, 6.07) is 22.5. The van der Waals surface area contributed by atoms with Gasteiger partial charge < -0.3 is 14.4 Å². The molecule has 0 aliphatic heterocycles. The van der Waals surface area contributed by atoms with Crippen molar-refractivity contribution in [3.05, 3.63) is 90.0 Å². The van der Waals surface area contributed by atoms with Gasteiger partial charge in [-0.15, -0.1) is 0 Å². The lowest BCUT2D eigenvalue weighted by molar-refractivity contribution is -0.133. The number of nitrogens with one attached hydrogen (secondary N) is 1. The van der Waals surface area contributed by atoms with Crippen LogP contribution in [-0.2, 0) is 27.9 Å². The number of nitrogens with zero attached hydrogens (tertiary/aromatic N) is 1. The number of sulfonamides is 1. The molecule has 0 radical (unpaired) electrons. The number of benzene rings is 3. The Morgan fingerprint density at radius 2 is 1.36 bits per heavy atom. The van der Waals surface area contributed by atoms with Crippen molar-refractivity contribution in [3.8, 4) is 11.5 Å². The molecule has 0 saturated carbocycles. The van der Waals surface area contributed by atoms with E-state index >= 15 is 0 Å². The zero-order chi connectivity index (χ0) is 23.8. The summed E-state index contributed by atoms with van der Waals surface area (Å²) in [5, 5.41) is 0. The Labute approximate surface area is 195 Å². The Balaban J connectivity index is 1.81. The van der Waals surface area contributed by atoms with E-state index in [4.69, 9.17) is 9.47 Å². The highest BCUT2D eigenvalue weighted by molar-refractivity contribution is 7.89. The first-order chi connectivity index (χ1) is 15.8. The van der Waals surface area contributed by atoms with Gasteiger partial charge in [-0.3, -0.25) is 4.79 Å². The number of carbonyl (C=O) groups excluding carboxylic acids is 1. The first kappa shape index (κ1) is 24.3. The first-order valence-electron chi connectivity index (χ1n) is 10.4. The third-order valence-corrected chi connectivity index (χ3v) is 6.65. The van der Waals surface area contributed by atoms with Crippen LogP contribution in [0.3, 0.4) is 0 Å². The van der Waals surface area contributed by atoms with Gasteiger partial charge in [-0.1, -0.05) is 60.7 Å². The van der Waals surface area contributed by atoms with Gasteiger partial charge in [0.15, 0.2) is 11.5 Å². The van der Waals surface area contributed by atoms with Crippen molar-refractivity contribution >= 4 is 15.9 Å². The molecular weight excluding hydrogens is 440 g/mol. The summed E-state index contributed by atoms with van der Waals surface area (Å²) < 4.78 is 38.8. The van der Waals surface area contributed by atoms with Gasteiger partial charge in [0.2, 0.25) is 15.9 Å². The number of hydrogen-bond donors (Lipinski definition) is 1. The Kier molecular flexibility index (Phi) is 8.08. The van der Waals surface area contributed by atoms with E-state index in [0.717, 1.165) is 11.1 Å². The molecule has 3 aromatic carbocycles. The highest BCUT2D eigenvalue weighted by Gasteiger charge is 2.27. The van der Waals surface area contributed by atoms with E-state index in [1.165, 1.54) is 32.4 Å². The van der Waals surface area contributed by atoms with Crippen LogP contribution in [0, 0.1) is 0 Å². The minimum Gasteiger partial charge on any atom is -0.493 e. The molecule has 1 unspecified atom stereocenters. The van der Waals surface area contributed by atoms with E-state index in [1.807, 2.05) is 60.7 Å². The summed E-state index contributed by atoms with van der Waals surface area (Å²) in [5.74, 6) is 0.373. The summed E-state index contributed by atoms with van der Waals surface area (Å²) in [5.41, 5.74) is 1.91. The van der Waals surface area contributed by atoms with Crippen molar-refractivity contribution in [3.63, 3.8) is 0 Å². The molecule has 8 heteroatoms. The van der Waals surface area contributed by atoms with Gasteiger partial charge in [0.05, 0.1) is 25.2 Å². The van der Waals surface area contributed by atoms with Gasteiger partial charge in [0.25, 0.3) is 0 Å². The molecule has 0 aromatic heterocycles. The average Bonchev–Trinajstić information content (AvgIpc) is 2.83. The van der Waals surface area contributed by atoms with Gasteiger partial charge in [-0.2, -0.15) is 4.72 Å². The standard InChI is InChI=1S/C25H28N2O5S/c1-19(26-33(29,30)22-14-15-23(31-2)24(16-22)32-3)25(28)27(17-20-10-6-4-7-11-20)18-21-12-8-5-9-13-21/h4-16,19,26H,17-18H2,1-3H3. The summed E-state index contributed by atoms with van der Waals surface area (Å²) >= 11 is 0. The molecule has 0 spiro atoms. The van der Waals surface area contributed by atoms with E-state index in [9.17, 15) is 13.2 Å². The number of hydrogen-bond acceptors (Lipinski definition) is 5. The number of carbonyl (C=O) groups is 1. The monoisotopic (exact) mass is 468 g/mol. The number of methoxy groups -OCH3 is 2. The Morgan fingerprint density at radius 1 is 0.848 bits per heavy atom. The largest absolute Gasteiger partial charge is 0.493 e. The van der Waals surface area contributed by atoms with E-state index in [2.05, 4.69) is 4.72 Å². The fourth-order valence-corrected chi connectivity index (χ4v) is 4.64. The molecule has 0 heterocycles. The van der Waals surface area contributed by atoms with Gasteiger partial charge in [0.1, 0.15) is 0 Å². The Bertz CT molecular complexity index is 1130. The average molecular weight is 469 g/mol. The van der Waals surface area contributed by atoms with Crippen LogP contribution in [0.2, 0.25) is 0 Å². The zero-order valence-corrected chi connectivity index (χ0v) is 19.7. The van der Waals surface area contributed by atoms with Crippen LogP contribution in [0.1, 0.15) is 18.1 Å². The first-order valence-corrected chi connectivity index (χ1v) is 11.9. The van der Waals surface area contributed by atoms with Gasteiger partial charge >= 0.3 is 0 Å². The van der Waals surface area contributed by atoms with E-state index < -0.39 is 16.1 Å². The molecular formula is C25H28N2O5S. The van der Waals surface area contributed by atoms with E-state index in [1.54, 1.807) is 11.8 Å². The molecule has 0 fully saturated rings. The maximum absolute atomic E-state index is 13.3. The van der Waals surface area contributed by atoms with Gasteiger partial charge in [-0.05, 0) is 30.2 Å². The molecule has 3 aromatic rings. The van der Waals surface area contributed by atoms with Crippen LogP contribution < -0.4 is 14.2 Å². The molecule has 33 heavy (non-hydrogen) atoms. The van der Waals surface area contributed by atoms with Crippen molar-refractivity contribution in [2.75, 3.05) is 14.2 Å². The van der Waals surface area contributed by atoms with Crippen molar-refractivity contribution in [2.45, 2.75) is 31.0 Å². The summed E-state index contributed by atoms with van der Waals surface area (Å²) in [4.78, 5) is 15.0. The second kappa shape index (κ2) is 11.0. The molecule has 174 valence electrons. The molecule has 1 atom stereocenters. The lowest BCUT2D eigenvalue weighted by Crippen LogP contribution is -2.46. The summed E-state index contributed by atoms with van der Waals surface area (Å²) in [7, 11) is -1.07. The second-order valence-electron chi connectivity index (χ2n) is 7.53. The molecule has 0 saturated heterocycles. The fraction of sp³-hybridized carbons (Fsp3) is 0.240. The van der Waals surface area contributed by atoms with Crippen LogP contribution in [0.15, 0.2) is 83.8 Å². The lowest BCUT2D eigenvalue weighted by Gasteiger charge is -2.26. The quantitative estimate of drug-likeness (QED) is 0.492. The Hall–Kier alpha value is -3.36. The topological polar surface area (TPSA) is 84.9 Å². The maximum Gasteiger partial charge on any atom is 0.241 e. The number of rotatable bonds is 10. The second-order valence-corrected chi connectivity index (χ2v) is 9.24. The smallest absolute Gasteiger partial charge is 0.241 e. The van der Waals surface area contributed by atoms with Gasteiger partial charge in [0, 0.05) is 19.2 Å². The SMILES string of the molecule is COc1ccc(S(=O)(=O)NC(C)C(=O)N(Cc2ccccc2)Cc2ccccc2)cc1OC. The third-order valence-electron chi connectivity index (χ3n) is 5.11. The normalized spacial score (nSPS) is 12.1. The number of ether oxygens (including phenoxy) is 2. The molecule has 0 bridgehead atoms. The van der Waals surface area contributed by atoms with Crippen LogP contribution in [0.4, 0.5) is 0 Å². The highest BCUT2D eigenvalue weighted by atomic mass is 32.2. The summed E-state index contributed by atoms with van der Waals surface area (Å²) in [6.07, 6.45) is 0. The minimum absolute atomic E-state index is 0.0162. The van der Waals surface area contributed by atoms with E-state index in [0.29, 0.717) is 18.8 Å². The van der Waals surface area contributed by atoms with Crippen molar-refractivity contribution < 1.29 is 22.7 Å². The van der Waals surface area contributed by atoms with E-state index in [-0.39, 0.29) is 16.6 Å². The zero-order valence-electron chi connectivity index (χ0n) is 18.9. The van der Waals surface area contributed by atoms with Crippen LogP contribution in [0.25, 0.3) is 0 Å². The molecule has 1 amide bonds. The van der Waals surface area contributed by atoms with Crippen molar-refractivity contribution in [2.24, 2.45) is 0 Å². The predicted octanol–water partition coefficient (Wildman–Crippen LogP) is 3.60.